The van der Waals surface area contributed by atoms with Crippen LogP contribution in [0.1, 0.15) is 96.8 Å². The summed E-state index contributed by atoms with van der Waals surface area (Å²) in [7, 11) is 4.06. The molecule has 142 valence electrons. The summed E-state index contributed by atoms with van der Waals surface area (Å²) in [5, 5.41) is 0. The van der Waals surface area contributed by atoms with Gasteiger partial charge in [0.15, 0.2) is 0 Å². The number of amides is 1. The summed E-state index contributed by atoms with van der Waals surface area (Å²) >= 11 is 0. The second kappa shape index (κ2) is 15.7. The lowest BCUT2D eigenvalue weighted by Gasteiger charge is -2.28. The second-order valence-corrected chi connectivity index (χ2v) is 7.68. The van der Waals surface area contributed by atoms with Crippen LogP contribution in [0.4, 0.5) is 0 Å². The van der Waals surface area contributed by atoms with Crippen molar-refractivity contribution < 1.29 is 9.39 Å². The summed E-state index contributed by atoms with van der Waals surface area (Å²) in [6, 6.07) is 0. The number of hydrogen-bond acceptors (Lipinski definition) is 1. The SMILES string of the molecule is C=CC(=O)N[N+](C)(C)CCCCCCCCCCCCCCCC. The Balaban J connectivity index is 3.28. The van der Waals surface area contributed by atoms with E-state index in [2.05, 4.69) is 18.9 Å². The third-order valence-electron chi connectivity index (χ3n) is 4.67. The zero-order valence-electron chi connectivity index (χ0n) is 16.7. The van der Waals surface area contributed by atoms with Crippen LogP contribution in [-0.2, 0) is 4.79 Å². The lowest BCUT2D eigenvalue weighted by Crippen LogP contribution is -2.54. The molecule has 1 N–H and O–H groups in total. The van der Waals surface area contributed by atoms with Crippen molar-refractivity contribution in [1.82, 2.24) is 5.43 Å². The van der Waals surface area contributed by atoms with E-state index in [1.54, 1.807) is 0 Å². The van der Waals surface area contributed by atoms with E-state index in [1.165, 1.54) is 96.0 Å². The lowest BCUT2D eigenvalue weighted by atomic mass is 10.0. The lowest BCUT2D eigenvalue weighted by molar-refractivity contribution is -0.925. The molecule has 24 heavy (non-hydrogen) atoms. The van der Waals surface area contributed by atoms with Crippen LogP contribution in [0.2, 0.25) is 0 Å². The minimum absolute atomic E-state index is 0.0923. The van der Waals surface area contributed by atoms with Gasteiger partial charge in [-0.3, -0.25) is 4.79 Å². The molecule has 0 aliphatic carbocycles. The van der Waals surface area contributed by atoms with Crippen molar-refractivity contribution in [2.45, 2.75) is 96.8 Å². The Kier molecular flexibility index (Phi) is 15.1. The molecule has 0 radical (unpaired) electrons. The summed E-state index contributed by atoms with van der Waals surface area (Å²) in [4.78, 5) is 11.3. The molecule has 0 saturated heterocycles. The van der Waals surface area contributed by atoms with Gasteiger partial charge in [0.2, 0.25) is 0 Å². The van der Waals surface area contributed by atoms with Crippen LogP contribution in [0.25, 0.3) is 0 Å². The van der Waals surface area contributed by atoms with Gasteiger partial charge in [-0.15, -0.1) is 0 Å². The van der Waals surface area contributed by atoms with Gasteiger partial charge in [0.1, 0.15) is 6.54 Å². The highest BCUT2D eigenvalue weighted by Crippen LogP contribution is 2.13. The third kappa shape index (κ3) is 16.0. The first-order chi connectivity index (χ1) is 11.5. The second-order valence-electron chi connectivity index (χ2n) is 7.68. The van der Waals surface area contributed by atoms with Crippen molar-refractivity contribution in [3.8, 4) is 0 Å². The highest BCUT2D eigenvalue weighted by atomic mass is 16.2. The molecular formula is C21H43N2O+. The van der Waals surface area contributed by atoms with Crippen LogP contribution >= 0.6 is 0 Å². The normalized spacial score (nSPS) is 11.5. The van der Waals surface area contributed by atoms with E-state index in [4.69, 9.17) is 0 Å². The number of nitrogens with zero attached hydrogens (tertiary/aromatic N) is 1. The Labute approximate surface area is 151 Å². The Hall–Kier alpha value is -0.830. The molecule has 3 nitrogen and oxygen atoms in total. The van der Waals surface area contributed by atoms with Crippen LogP contribution < -0.4 is 5.43 Å². The number of quaternary nitrogens is 1. The van der Waals surface area contributed by atoms with Crippen molar-refractivity contribution in [3.05, 3.63) is 12.7 Å². The summed E-state index contributed by atoms with van der Waals surface area (Å²) in [5.41, 5.74) is 2.93. The number of carbonyl (C=O) groups excluding carboxylic acids is 1. The van der Waals surface area contributed by atoms with Gasteiger partial charge in [0.05, 0.1) is 14.1 Å². The van der Waals surface area contributed by atoms with Crippen LogP contribution in [0.3, 0.4) is 0 Å². The first-order valence-corrected chi connectivity index (χ1v) is 10.3. The van der Waals surface area contributed by atoms with Crippen LogP contribution in [0, 0.1) is 0 Å². The van der Waals surface area contributed by atoms with Gasteiger partial charge in [0.25, 0.3) is 5.91 Å². The maximum absolute atomic E-state index is 11.3. The molecule has 0 spiro atoms. The van der Waals surface area contributed by atoms with Gasteiger partial charge in [0, 0.05) is 6.08 Å². The maximum atomic E-state index is 11.3. The van der Waals surface area contributed by atoms with Gasteiger partial charge in [-0.25, -0.2) is 4.59 Å². The summed E-state index contributed by atoms with van der Waals surface area (Å²) in [6.45, 7) is 6.76. The Morgan fingerprint density at radius 1 is 0.792 bits per heavy atom. The van der Waals surface area contributed by atoms with Gasteiger partial charge >= 0.3 is 0 Å². The number of nitrogens with one attached hydrogen (secondary N) is 1. The molecule has 0 aromatic carbocycles. The first-order valence-electron chi connectivity index (χ1n) is 10.3. The minimum Gasteiger partial charge on any atom is -0.265 e. The summed E-state index contributed by atoms with van der Waals surface area (Å²) in [6.07, 6.45) is 20.6. The number of carbonyl (C=O) groups is 1. The molecule has 0 bridgehead atoms. The maximum Gasteiger partial charge on any atom is 0.288 e. The fraction of sp³-hybridized carbons (Fsp3) is 0.857. The van der Waals surface area contributed by atoms with Gasteiger partial charge in [-0.1, -0.05) is 90.6 Å². The Bertz CT molecular complexity index is 313. The Morgan fingerprint density at radius 2 is 1.17 bits per heavy atom. The van der Waals surface area contributed by atoms with E-state index in [9.17, 15) is 4.79 Å². The van der Waals surface area contributed by atoms with Gasteiger partial charge in [-0.2, -0.15) is 5.43 Å². The fourth-order valence-electron chi connectivity index (χ4n) is 3.10. The van der Waals surface area contributed by atoms with E-state index >= 15 is 0 Å². The van der Waals surface area contributed by atoms with E-state index in [0.29, 0.717) is 4.59 Å². The largest absolute Gasteiger partial charge is 0.288 e. The molecule has 3 heteroatoms. The number of rotatable bonds is 17. The van der Waals surface area contributed by atoms with Gasteiger partial charge in [-0.05, 0) is 12.8 Å². The molecule has 1 amide bonds. The van der Waals surface area contributed by atoms with Gasteiger partial charge < -0.3 is 0 Å². The molecule has 0 rings (SSSR count). The third-order valence-corrected chi connectivity index (χ3v) is 4.67. The number of hydrogen-bond donors (Lipinski definition) is 1. The molecule has 0 aromatic heterocycles. The first kappa shape index (κ1) is 23.2. The van der Waals surface area contributed by atoms with Crippen molar-refractivity contribution >= 4 is 5.91 Å². The fourth-order valence-corrected chi connectivity index (χ4v) is 3.10. The monoisotopic (exact) mass is 339 g/mol. The molecule has 0 atom stereocenters. The standard InChI is InChI=1S/C21H42N2O/c1-5-7-8-9-10-11-12-13-14-15-16-17-18-19-20-23(3,4)22-21(24)6-2/h6H,2,5,7-20H2,1,3-4H3/p+1. The molecule has 0 fully saturated rings. The molecular weight excluding hydrogens is 296 g/mol. The molecule has 0 aliphatic heterocycles. The van der Waals surface area contributed by atoms with Crippen molar-refractivity contribution in [2.24, 2.45) is 0 Å². The predicted molar refractivity (Wildman–Crippen MR) is 106 cm³/mol. The predicted octanol–water partition coefficient (Wildman–Crippen LogP) is 5.76. The molecule has 0 aliphatic rings. The van der Waals surface area contributed by atoms with Crippen LogP contribution in [0.5, 0.6) is 0 Å². The van der Waals surface area contributed by atoms with E-state index < -0.39 is 0 Å². The molecule has 0 aromatic rings. The average Bonchev–Trinajstić information content (AvgIpc) is 2.54. The molecule has 0 unspecified atom stereocenters. The van der Waals surface area contributed by atoms with E-state index in [-0.39, 0.29) is 5.91 Å². The zero-order valence-corrected chi connectivity index (χ0v) is 16.7. The van der Waals surface area contributed by atoms with Crippen LogP contribution in [0.15, 0.2) is 12.7 Å². The summed E-state index contributed by atoms with van der Waals surface area (Å²) < 4.78 is 0.545. The zero-order chi connectivity index (χ0) is 18.1. The smallest absolute Gasteiger partial charge is 0.265 e. The van der Waals surface area contributed by atoms with Crippen LogP contribution in [-0.4, -0.2) is 31.1 Å². The number of unbranched alkanes of at least 4 members (excludes halogenated alkanes) is 13. The Morgan fingerprint density at radius 3 is 1.54 bits per heavy atom. The quantitative estimate of drug-likeness (QED) is 0.155. The minimum atomic E-state index is -0.0923. The highest BCUT2D eigenvalue weighted by molar-refractivity contribution is 5.85. The van der Waals surface area contributed by atoms with E-state index in [0.717, 1.165) is 6.54 Å². The molecule has 0 saturated carbocycles. The van der Waals surface area contributed by atoms with Crippen molar-refractivity contribution in [2.75, 3.05) is 20.6 Å². The average molecular weight is 340 g/mol. The van der Waals surface area contributed by atoms with Crippen molar-refractivity contribution in [1.29, 1.82) is 0 Å². The van der Waals surface area contributed by atoms with Crippen molar-refractivity contribution in [3.63, 3.8) is 0 Å². The summed E-state index contributed by atoms with van der Waals surface area (Å²) in [5.74, 6) is -0.0923. The highest BCUT2D eigenvalue weighted by Gasteiger charge is 2.16. The van der Waals surface area contributed by atoms with E-state index in [1.807, 2.05) is 14.1 Å². The molecule has 0 heterocycles. The topological polar surface area (TPSA) is 29.1 Å².